The second-order valence-corrected chi connectivity index (χ2v) is 9.92. The van der Waals surface area contributed by atoms with Crippen LogP contribution in [0.4, 0.5) is 13.2 Å². The van der Waals surface area contributed by atoms with E-state index in [1.807, 2.05) is 32.0 Å². The number of alkyl halides is 3. The van der Waals surface area contributed by atoms with Crippen LogP contribution < -0.4 is 10.1 Å². The number of carbonyl (C=O) groups is 4. The maximum Gasteiger partial charge on any atom is 0.490 e. The molecule has 0 fully saturated rings. The lowest BCUT2D eigenvalue weighted by Crippen LogP contribution is -2.30. The molecule has 1 atom stereocenters. The second-order valence-electron chi connectivity index (χ2n) is 9.92. The highest BCUT2D eigenvalue weighted by Gasteiger charge is 2.38. The molecule has 0 bridgehead atoms. The number of fused-ring (bicyclic) bond motifs is 1. The Morgan fingerprint density at radius 1 is 1.07 bits per heavy atom. The van der Waals surface area contributed by atoms with Gasteiger partial charge in [-0.3, -0.25) is 14.4 Å². The average molecular weight is 611 g/mol. The first kappa shape index (κ1) is 34.8. The summed E-state index contributed by atoms with van der Waals surface area (Å²) in [6.07, 6.45) is 1.44. The van der Waals surface area contributed by atoms with Gasteiger partial charge in [0.25, 0.3) is 0 Å². The molecule has 2 aromatic heterocycles. The summed E-state index contributed by atoms with van der Waals surface area (Å²) in [6.45, 7) is 3.82. The molecule has 1 aromatic carbocycles. The van der Waals surface area contributed by atoms with Gasteiger partial charge >= 0.3 is 18.1 Å². The number of imidazole rings is 1. The lowest BCUT2D eigenvalue weighted by atomic mass is 10.0. The first-order valence-electron chi connectivity index (χ1n) is 13.8. The highest BCUT2D eigenvalue weighted by Crippen LogP contribution is 2.27. The number of methoxy groups -OCH3 is 1. The molecule has 0 aliphatic carbocycles. The van der Waals surface area contributed by atoms with Crippen LogP contribution in [-0.2, 0) is 32.0 Å². The number of unbranched alkanes of at least 4 members (excludes halogenated alkanes) is 2. The molecule has 14 heteroatoms. The lowest BCUT2D eigenvalue weighted by Gasteiger charge is -2.17. The van der Waals surface area contributed by atoms with Crippen molar-refractivity contribution in [3.8, 4) is 5.75 Å². The summed E-state index contributed by atoms with van der Waals surface area (Å²) in [5, 5.41) is 20.2. The van der Waals surface area contributed by atoms with Crippen LogP contribution >= 0.6 is 0 Å². The van der Waals surface area contributed by atoms with Gasteiger partial charge in [-0.1, -0.05) is 19.8 Å². The van der Waals surface area contributed by atoms with Crippen LogP contribution in [-0.4, -0.2) is 62.1 Å². The Balaban J connectivity index is 0.000000821. The molecule has 3 rings (SSSR count). The van der Waals surface area contributed by atoms with Crippen molar-refractivity contribution in [2.45, 2.75) is 83.9 Å². The molecule has 43 heavy (non-hydrogen) atoms. The Labute approximate surface area is 246 Å². The van der Waals surface area contributed by atoms with Gasteiger partial charge in [0.1, 0.15) is 17.4 Å². The quantitative estimate of drug-likeness (QED) is 0.146. The van der Waals surface area contributed by atoms with Gasteiger partial charge in [-0.05, 0) is 49.9 Å². The summed E-state index contributed by atoms with van der Waals surface area (Å²) >= 11 is 0. The van der Waals surface area contributed by atoms with E-state index in [9.17, 15) is 27.6 Å². The predicted octanol–water partition coefficient (Wildman–Crippen LogP) is 5.19. The zero-order valence-electron chi connectivity index (χ0n) is 24.3. The SMILES string of the molecule is CCC(=O)CCCCCC(NC(=O)Cc1c(C)[nH]c2ccc(OC)cc12)c1ncc(CCC(=O)O)[nH]1.O=C(O)C(F)(F)F. The molecule has 0 radical (unpaired) electrons. The van der Waals surface area contributed by atoms with Crippen molar-refractivity contribution in [2.75, 3.05) is 7.11 Å². The number of H-pyrrole nitrogens is 2. The molecule has 0 saturated carbocycles. The highest BCUT2D eigenvalue weighted by atomic mass is 19.4. The third kappa shape index (κ3) is 11.4. The number of carboxylic acid groups (broad SMARTS) is 2. The lowest BCUT2D eigenvalue weighted by molar-refractivity contribution is -0.192. The summed E-state index contributed by atoms with van der Waals surface area (Å²) in [7, 11) is 1.61. The number of ether oxygens (including phenoxy) is 1. The molecular weight excluding hydrogens is 573 g/mol. The number of carbonyl (C=O) groups excluding carboxylic acids is 2. The van der Waals surface area contributed by atoms with Crippen molar-refractivity contribution < 1.29 is 47.3 Å². The van der Waals surface area contributed by atoms with Gasteiger partial charge in [-0.15, -0.1) is 0 Å². The van der Waals surface area contributed by atoms with E-state index in [4.69, 9.17) is 19.7 Å². The van der Waals surface area contributed by atoms with E-state index in [2.05, 4.69) is 20.3 Å². The third-order valence-corrected chi connectivity index (χ3v) is 6.67. The van der Waals surface area contributed by atoms with Gasteiger partial charge in [0.2, 0.25) is 5.91 Å². The number of benzene rings is 1. The number of aromatic amines is 2. The fourth-order valence-corrected chi connectivity index (χ4v) is 4.35. The molecule has 5 N–H and O–H groups in total. The van der Waals surface area contributed by atoms with Gasteiger partial charge < -0.3 is 30.2 Å². The van der Waals surface area contributed by atoms with Crippen LogP contribution in [0, 0.1) is 6.92 Å². The van der Waals surface area contributed by atoms with Crippen molar-refractivity contribution >= 4 is 34.5 Å². The van der Waals surface area contributed by atoms with Gasteiger partial charge in [0.05, 0.1) is 26.0 Å². The molecule has 2 heterocycles. The zero-order valence-corrected chi connectivity index (χ0v) is 24.3. The van der Waals surface area contributed by atoms with E-state index in [1.54, 1.807) is 13.3 Å². The number of hydrogen-bond donors (Lipinski definition) is 5. The molecule has 0 spiro atoms. The molecule has 11 nitrogen and oxygen atoms in total. The van der Waals surface area contributed by atoms with Crippen LogP contribution in [0.2, 0.25) is 0 Å². The Kier molecular flexibility index (Phi) is 13.2. The minimum absolute atomic E-state index is 0.00736. The zero-order chi connectivity index (χ0) is 32.2. The topological polar surface area (TPSA) is 174 Å². The molecule has 1 unspecified atom stereocenters. The van der Waals surface area contributed by atoms with Gasteiger partial charge in [0, 0.05) is 41.3 Å². The minimum Gasteiger partial charge on any atom is -0.497 e. The summed E-state index contributed by atoms with van der Waals surface area (Å²) < 4.78 is 37.1. The Hall–Kier alpha value is -4.36. The Bertz CT molecular complexity index is 1400. The van der Waals surface area contributed by atoms with Crippen molar-refractivity contribution in [3.63, 3.8) is 0 Å². The fraction of sp³-hybridized carbons (Fsp3) is 0.483. The Morgan fingerprint density at radius 2 is 1.77 bits per heavy atom. The van der Waals surface area contributed by atoms with Crippen LogP contribution in [0.3, 0.4) is 0 Å². The normalized spacial score (nSPS) is 11.9. The molecule has 1 amide bonds. The Morgan fingerprint density at radius 3 is 2.37 bits per heavy atom. The number of nitrogens with zero attached hydrogens (tertiary/aromatic N) is 1. The van der Waals surface area contributed by atoms with E-state index in [-0.39, 0.29) is 30.6 Å². The number of aryl methyl sites for hydroxylation is 2. The highest BCUT2D eigenvalue weighted by molar-refractivity contribution is 5.91. The third-order valence-electron chi connectivity index (χ3n) is 6.67. The second kappa shape index (κ2) is 16.3. The maximum atomic E-state index is 13.2. The smallest absolute Gasteiger partial charge is 0.490 e. The molecule has 0 aliphatic rings. The number of aliphatic carboxylic acids is 2. The minimum atomic E-state index is -5.08. The van der Waals surface area contributed by atoms with Crippen molar-refractivity contribution in [3.05, 3.63) is 47.2 Å². The van der Waals surface area contributed by atoms with E-state index in [0.717, 1.165) is 52.9 Å². The number of halogens is 3. The van der Waals surface area contributed by atoms with Crippen molar-refractivity contribution in [1.29, 1.82) is 0 Å². The number of aromatic nitrogens is 3. The number of hydrogen-bond acceptors (Lipinski definition) is 6. The summed E-state index contributed by atoms with van der Waals surface area (Å²) in [5.41, 5.74) is 3.52. The van der Waals surface area contributed by atoms with Gasteiger partial charge in [-0.25, -0.2) is 9.78 Å². The number of ketones is 1. The van der Waals surface area contributed by atoms with Crippen LogP contribution in [0.25, 0.3) is 10.9 Å². The molecule has 0 saturated heterocycles. The maximum absolute atomic E-state index is 13.2. The van der Waals surface area contributed by atoms with Gasteiger partial charge in [-0.2, -0.15) is 13.2 Å². The number of rotatable bonds is 15. The first-order chi connectivity index (χ1) is 20.2. The average Bonchev–Trinajstić information content (AvgIpc) is 3.54. The molecule has 236 valence electrons. The van der Waals surface area contributed by atoms with Gasteiger partial charge in [0.15, 0.2) is 0 Å². The van der Waals surface area contributed by atoms with E-state index >= 15 is 0 Å². The van der Waals surface area contributed by atoms with E-state index in [1.165, 1.54) is 0 Å². The van der Waals surface area contributed by atoms with E-state index < -0.39 is 18.1 Å². The number of Topliss-reactive ketones (excluding diaryl/α,β-unsaturated/α-hetero) is 1. The summed E-state index contributed by atoms with van der Waals surface area (Å²) in [6, 6.07) is 5.41. The molecule has 0 aliphatic heterocycles. The van der Waals surface area contributed by atoms with Crippen LogP contribution in [0.5, 0.6) is 5.75 Å². The largest absolute Gasteiger partial charge is 0.497 e. The van der Waals surface area contributed by atoms with Crippen LogP contribution in [0.15, 0.2) is 24.4 Å². The summed E-state index contributed by atoms with van der Waals surface area (Å²) in [4.78, 5) is 55.5. The van der Waals surface area contributed by atoms with Crippen molar-refractivity contribution in [2.24, 2.45) is 0 Å². The number of carboxylic acids is 2. The first-order valence-corrected chi connectivity index (χ1v) is 13.8. The standard InChI is InChI=1S/C27H36N4O5.C2HF3O2/c1-4-19(32)8-6-5-7-9-24(27-28-16-18(30-27)10-13-26(34)35)31-25(33)15-21-17(2)29-23-12-11-20(36-3)14-22(21)23;3-2(4,5)1(6)7/h11-12,14,16,24,29H,4-10,13,15H2,1-3H3,(H,28,30)(H,31,33)(H,34,35);(H,6,7). The summed E-state index contributed by atoms with van der Waals surface area (Å²) in [5.74, 6) is -2.15. The monoisotopic (exact) mass is 610 g/mol. The number of nitrogens with one attached hydrogen (secondary N) is 3. The van der Waals surface area contributed by atoms with Crippen molar-refractivity contribution in [1.82, 2.24) is 20.3 Å². The molecular formula is C29H37F3N4O7. The molecule has 3 aromatic rings. The van der Waals surface area contributed by atoms with Crippen LogP contribution in [0.1, 0.15) is 80.7 Å². The van der Waals surface area contributed by atoms with E-state index in [0.29, 0.717) is 31.5 Å². The number of amides is 1. The fourth-order valence-electron chi connectivity index (χ4n) is 4.35. The predicted molar refractivity (Wildman–Crippen MR) is 151 cm³/mol.